The van der Waals surface area contributed by atoms with Crippen molar-refractivity contribution in [2.45, 2.75) is 64.7 Å². The minimum absolute atomic E-state index is 0. The molecule has 11 heteroatoms. The van der Waals surface area contributed by atoms with Gasteiger partial charge in [-0.3, -0.25) is 0 Å². The zero-order chi connectivity index (χ0) is 29.6. The van der Waals surface area contributed by atoms with Crippen LogP contribution in [0.1, 0.15) is 74.2 Å². The molecule has 0 aliphatic rings. The monoisotopic (exact) mass is 670 g/mol. The number of rotatable bonds is 31. The van der Waals surface area contributed by atoms with Gasteiger partial charge in [-0.05, 0) is 30.5 Å². The van der Waals surface area contributed by atoms with E-state index in [1.54, 1.807) is 12.1 Å². The van der Waals surface area contributed by atoms with Crippen LogP contribution >= 0.6 is 0 Å². The summed E-state index contributed by atoms with van der Waals surface area (Å²) < 4.78 is 37.8. The van der Waals surface area contributed by atoms with Crippen molar-refractivity contribution in [1.82, 2.24) is 0 Å². The molecule has 0 heterocycles. The quantitative estimate of drug-likeness (QED) is 0.110. The molecule has 0 aliphatic carbocycles. The third kappa shape index (κ3) is 25.4. The maximum atomic E-state index is 11.6. The van der Waals surface area contributed by atoms with Crippen molar-refractivity contribution in [3.05, 3.63) is 29.3 Å². The summed E-state index contributed by atoms with van der Waals surface area (Å²) in [4.78, 5) is 11.6. The van der Waals surface area contributed by atoms with E-state index in [2.05, 4.69) is 6.92 Å². The van der Waals surface area contributed by atoms with Gasteiger partial charge in [0.2, 0.25) is 0 Å². The van der Waals surface area contributed by atoms with Crippen LogP contribution in [0, 0.1) is 0 Å². The number of benzene rings is 1. The van der Waals surface area contributed by atoms with E-state index >= 15 is 0 Å². The third-order valence-electron chi connectivity index (χ3n) is 6.16. The second-order valence-corrected chi connectivity index (χ2v) is 9.59. The molecule has 0 radical (unpaired) electrons. The van der Waals surface area contributed by atoms with E-state index < -0.39 is 5.97 Å². The Morgan fingerprint density at radius 3 is 1.52 bits per heavy atom. The van der Waals surface area contributed by atoms with E-state index in [1.807, 2.05) is 6.07 Å². The first-order chi connectivity index (χ1) is 20.2. The Labute approximate surface area is 301 Å². The van der Waals surface area contributed by atoms with Crippen LogP contribution in [0.15, 0.2) is 18.2 Å². The molecule has 0 aliphatic heterocycles. The molecule has 42 heavy (non-hydrogen) atoms. The largest absolute Gasteiger partial charge is 1.00 e. The van der Waals surface area contributed by atoms with E-state index in [9.17, 15) is 9.90 Å². The van der Waals surface area contributed by atoms with Gasteiger partial charge >= 0.3 is 58.2 Å². The summed E-state index contributed by atoms with van der Waals surface area (Å²) in [6.45, 7) is 7.75. The third-order valence-corrected chi connectivity index (χ3v) is 6.16. The first kappa shape index (κ1) is 42.0. The Kier molecular flexibility index (Phi) is 32.4. The number of carboxylic acid groups (broad SMARTS) is 1. The number of carbonyl (C=O) groups excluding carboxylic acids is 1. The molecule has 0 amide bonds. The van der Waals surface area contributed by atoms with Gasteiger partial charge in [0, 0.05) is 5.56 Å². The maximum absolute atomic E-state index is 11.6. The molecule has 238 valence electrons. The molecular formula is C31H53O10Rb. The molecule has 1 rings (SSSR count). The minimum Gasteiger partial charge on any atom is -0.545 e. The van der Waals surface area contributed by atoms with Gasteiger partial charge in [-0.25, -0.2) is 0 Å². The van der Waals surface area contributed by atoms with Gasteiger partial charge in [-0.2, -0.15) is 0 Å². The normalized spacial score (nSPS) is 11.0. The molecule has 0 aromatic heterocycles. The van der Waals surface area contributed by atoms with Crippen LogP contribution in [0.3, 0.4) is 0 Å². The summed E-state index contributed by atoms with van der Waals surface area (Å²) in [5.41, 5.74) is 1.08. The van der Waals surface area contributed by atoms with Crippen molar-refractivity contribution in [1.29, 1.82) is 0 Å². The fraction of sp³-hybridized carbons (Fsp3) is 0.774. The van der Waals surface area contributed by atoms with Gasteiger partial charge in [0.25, 0.3) is 0 Å². The summed E-state index contributed by atoms with van der Waals surface area (Å²) in [5.74, 6) is -0.922. The molecule has 0 bridgehead atoms. The number of carboxylic acids is 1. The molecule has 0 atom stereocenters. The first-order valence-electron chi connectivity index (χ1n) is 15.2. The Morgan fingerprint density at radius 2 is 1.07 bits per heavy atom. The van der Waals surface area contributed by atoms with E-state index in [1.165, 1.54) is 38.5 Å². The van der Waals surface area contributed by atoms with Crippen molar-refractivity contribution in [3.8, 4) is 5.75 Å². The van der Waals surface area contributed by atoms with Crippen LogP contribution in [0.4, 0.5) is 0 Å². The number of aliphatic hydroxyl groups excluding tert-OH is 1. The van der Waals surface area contributed by atoms with Gasteiger partial charge in [0.1, 0.15) is 12.4 Å². The number of hydrogen-bond acceptors (Lipinski definition) is 10. The second kappa shape index (κ2) is 32.4. The number of aromatic carboxylic acids is 1. The molecule has 0 spiro atoms. The van der Waals surface area contributed by atoms with E-state index in [0.29, 0.717) is 85.0 Å². The SMILES string of the molecule is CCCCCCCCCCc1ccc(OCCOCCOCCOCCOCCOCCOCCO)c(C(=O)[O-])c1.[Rb+]. The molecule has 0 unspecified atom stereocenters. The molecule has 0 saturated carbocycles. The number of aryl methyl sites for hydroxylation is 1. The maximum Gasteiger partial charge on any atom is 1.00 e. The molecule has 1 aromatic carbocycles. The van der Waals surface area contributed by atoms with Crippen LogP contribution in [0.25, 0.3) is 0 Å². The first-order valence-corrected chi connectivity index (χ1v) is 15.2. The van der Waals surface area contributed by atoms with Crippen molar-refractivity contribution in [2.75, 3.05) is 92.5 Å². The molecular weight excluding hydrogens is 618 g/mol. The number of unbranched alkanes of at least 4 members (excludes halogenated alkanes) is 7. The zero-order valence-corrected chi connectivity index (χ0v) is 31.0. The fourth-order valence-corrected chi connectivity index (χ4v) is 3.96. The number of hydrogen-bond donors (Lipinski definition) is 1. The topological polar surface area (TPSA) is 125 Å². The smallest absolute Gasteiger partial charge is 0.545 e. The number of aliphatic hydroxyl groups is 1. The Balaban J connectivity index is 0.0000168. The van der Waals surface area contributed by atoms with Crippen LogP contribution < -0.4 is 68.0 Å². The molecule has 1 aromatic rings. The summed E-state index contributed by atoms with van der Waals surface area (Å²) in [5, 5.41) is 20.2. The van der Waals surface area contributed by atoms with Crippen LogP contribution in [-0.2, 0) is 34.8 Å². The number of ether oxygens (including phenoxy) is 7. The summed E-state index contributed by atoms with van der Waals surface area (Å²) in [6.07, 6.45) is 10.8. The minimum atomic E-state index is -1.23. The fourth-order valence-electron chi connectivity index (χ4n) is 3.96. The molecule has 0 fully saturated rings. The average Bonchev–Trinajstić information content (AvgIpc) is 2.97. The van der Waals surface area contributed by atoms with Crippen molar-refractivity contribution >= 4 is 5.97 Å². The summed E-state index contributed by atoms with van der Waals surface area (Å²) in [6, 6.07) is 5.31. The molecule has 0 saturated heterocycles. The van der Waals surface area contributed by atoms with E-state index in [4.69, 9.17) is 38.3 Å². The predicted octanol–water partition coefficient (Wildman–Crippen LogP) is 0.208. The Hall–Kier alpha value is 0.0152. The van der Waals surface area contributed by atoms with Crippen LogP contribution in [-0.4, -0.2) is 104 Å². The van der Waals surface area contributed by atoms with Crippen molar-refractivity contribution in [3.63, 3.8) is 0 Å². The predicted molar refractivity (Wildman–Crippen MR) is 155 cm³/mol. The zero-order valence-electron chi connectivity index (χ0n) is 26.1. The van der Waals surface area contributed by atoms with Gasteiger partial charge in [-0.15, -0.1) is 0 Å². The van der Waals surface area contributed by atoms with Gasteiger partial charge in [0.15, 0.2) is 0 Å². The van der Waals surface area contributed by atoms with E-state index in [0.717, 1.165) is 24.8 Å². The summed E-state index contributed by atoms with van der Waals surface area (Å²) >= 11 is 0. The van der Waals surface area contributed by atoms with Gasteiger partial charge in [-0.1, -0.05) is 57.9 Å². The second-order valence-electron chi connectivity index (χ2n) is 9.59. The molecule has 10 nitrogen and oxygen atoms in total. The van der Waals surface area contributed by atoms with Crippen molar-refractivity contribution in [2.24, 2.45) is 0 Å². The average molecular weight is 671 g/mol. The molecule has 1 N–H and O–H groups in total. The van der Waals surface area contributed by atoms with Crippen LogP contribution in [0.5, 0.6) is 5.75 Å². The van der Waals surface area contributed by atoms with Gasteiger partial charge in [0.05, 0.1) is 91.9 Å². The Bertz CT molecular complexity index is 738. The van der Waals surface area contributed by atoms with Gasteiger partial charge < -0.3 is 48.2 Å². The standard InChI is InChI=1S/C31H54O10.Rb/c1-2-3-4-5-6-7-8-9-10-28-11-12-30(29(27-28)31(33)34)41-26-25-40-24-23-39-22-21-38-20-19-37-18-17-36-16-15-35-14-13-32;/h11-12,27,32H,2-10,13-26H2,1H3,(H,33,34);/q;+1/p-1. The Morgan fingerprint density at radius 1 is 0.643 bits per heavy atom. The number of carbonyl (C=O) groups is 1. The van der Waals surface area contributed by atoms with E-state index in [-0.39, 0.29) is 77.0 Å². The van der Waals surface area contributed by atoms with Crippen LogP contribution in [0.2, 0.25) is 0 Å². The van der Waals surface area contributed by atoms with Crippen molar-refractivity contribution < 1.29 is 106 Å². The summed E-state index contributed by atoms with van der Waals surface area (Å²) in [7, 11) is 0.